The third-order valence-corrected chi connectivity index (χ3v) is 3.12. The average molecular weight is 298 g/mol. The Kier molecular flexibility index (Phi) is 6.61. The largest absolute Gasteiger partial charge is 0.481 e. The van der Waals surface area contributed by atoms with E-state index in [2.05, 4.69) is 4.74 Å². The summed E-state index contributed by atoms with van der Waals surface area (Å²) < 4.78 is 16.6. The number of halogens is 1. The van der Waals surface area contributed by atoms with Crippen LogP contribution in [0.25, 0.3) is 0 Å². The number of hydrogen-bond acceptors (Lipinski definition) is 4. The van der Waals surface area contributed by atoms with Gasteiger partial charge < -0.3 is 20.7 Å². The first kappa shape index (κ1) is 16.9. The van der Waals surface area contributed by atoms with Crippen LogP contribution in [0.3, 0.4) is 0 Å². The first-order chi connectivity index (χ1) is 9.93. The van der Waals surface area contributed by atoms with Crippen molar-refractivity contribution in [3.05, 3.63) is 29.8 Å². The summed E-state index contributed by atoms with van der Waals surface area (Å²) in [5.74, 6) is -2.51. The molecule has 0 aromatic heterocycles. The number of aliphatic carboxylic acids is 2. The Morgan fingerprint density at radius 1 is 1.14 bits per heavy atom. The van der Waals surface area contributed by atoms with Crippen LogP contribution < -0.4 is 10.5 Å². The molecule has 6 nitrogen and oxygen atoms in total. The minimum absolute atomic E-state index is 0.0926. The van der Waals surface area contributed by atoms with Crippen LogP contribution in [-0.4, -0.2) is 35.1 Å². The molecule has 0 bridgehead atoms. The molecular formula is C14H18FNO5. The highest BCUT2D eigenvalue weighted by Gasteiger charge is 2.21. The van der Waals surface area contributed by atoms with Gasteiger partial charge in [0.1, 0.15) is 11.8 Å². The van der Waals surface area contributed by atoms with Crippen LogP contribution in [0.15, 0.2) is 24.3 Å². The molecule has 1 rings (SSSR count). The number of alkyl halides is 1. The van der Waals surface area contributed by atoms with E-state index in [-0.39, 0.29) is 19.3 Å². The number of nitrogens with two attached hydrogens (primary N) is 1. The molecule has 0 aliphatic rings. The summed E-state index contributed by atoms with van der Waals surface area (Å²) in [5, 5.41) is 17.8. The standard InChI is InChI=1S/C14H18FNO5/c15-8-21-11-4-1-9(2-5-11)7-10(13(17)18)3-6-12(16)14(19)20/h1-2,4-5,10,12H,3,6-8,16H2,(H,17,18)(H,19,20)/t10-,12+/m1/s1/i15-1. The molecule has 21 heavy (non-hydrogen) atoms. The molecule has 0 fully saturated rings. The van der Waals surface area contributed by atoms with Crippen molar-refractivity contribution in [2.24, 2.45) is 11.7 Å². The SMILES string of the molecule is N[C@@H](CC[C@H](Cc1ccc(OC[18F])cc1)C(=O)O)C(=O)O. The highest BCUT2D eigenvalue weighted by Crippen LogP contribution is 2.18. The average Bonchev–Trinajstić information content (AvgIpc) is 2.44. The highest BCUT2D eigenvalue weighted by molar-refractivity contribution is 5.73. The van der Waals surface area contributed by atoms with Gasteiger partial charge in [-0.05, 0) is 37.0 Å². The van der Waals surface area contributed by atoms with E-state index in [4.69, 9.17) is 15.9 Å². The lowest BCUT2D eigenvalue weighted by atomic mass is 9.93. The summed E-state index contributed by atoms with van der Waals surface area (Å²) in [6.07, 6.45) is 0.512. The Labute approximate surface area is 121 Å². The van der Waals surface area contributed by atoms with Crippen molar-refractivity contribution >= 4 is 11.9 Å². The molecule has 0 saturated carbocycles. The van der Waals surface area contributed by atoms with E-state index in [0.29, 0.717) is 5.75 Å². The lowest BCUT2D eigenvalue weighted by Gasteiger charge is -2.14. The van der Waals surface area contributed by atoms with E-state index >= 15 is 0 Å². The monoisotopic (exact) mass is 298 g/mol. The number of carboxylic acid groups (broad SMARTS) is 2. The summed E-state index contributed by atoms with van der Waals surface area (Å²) in [6, 6.07) is 5.34. The Hall–Kier alpha value is -2.15. The number of carbonyl (C=O) groups is 2. The van der Waals surface area contributed by atoms with Crippen LogP contribution in [0.4, 0.5) is 4.39 Å². The molecule has 0 spiro atoms. The topological polar surface area (TPSA) is 110 Å². The molecule has 0 amide bonds. The fourth-order valence-electron chi connectivity index (χ4n) is 1.89. The van der Waals surface area contributed by atoms with Crippen molar-refractivity contribution in [2.45, 2.75) is 25.3 Å². The highest BCUT2D eigenvalue weighted by atomic mass is 18.2. The van der Waals surface area contributed by atoms with Gasteiger partial charge in [0.15, 0.2) is 0 Å². The minimum atomic E-state index is -1.15. The Bertz CT molecular complexity index is 477. The van der Waals surface area contributed by atoms with E-state index in [1.165, 1.54) is 0 Å². The third kappa shape index (κ3) is 5.78. The molecule has 0 heterocycles. The summed E-state index contributed by atoms with van der Waals surface area (Å²) in [7, 11) is 0. The predicted molar refractivity (Wildman–Crippen MR) is 72.7 cm³/mol. The predicted octanol–water partition coefficient (Wildman–Crippen LogP) is 1.43. The molecular weight excluding hydrogens is 280 g/mol. The molecule has 1 aromatic rings. The second kappa shape index (κ2) is 8.21. The maximum Gasteiger partial charge on any atom is 0.320 e. The zero-order valence-corrected chi connectivity index (χ0v) is 11.4. The van der Waals surface area contributed by atoms with Crippen molar-refractivity contribution in [1.82, 2.24) is 0 Å². The van der Waals surface area contributed by atoms with Crippen molar-refractivity contribution in [3.63, 3.8) is 0 Å². The lowest BCUT2D eigenvalue weighted by molar-refractivity contribution is -0.143. The van der Waals surface area contributed by atoms with Crippen molar-refractivity contribution in [2.75, 3.05) is 6.86 Å². The molecule has 0 saturated heterocycles. The summed E-state index contributed by atoms with van der Waals surface area (Å²) in [6.45, 7) is -0.926. The molecule has 1 aromatic carbocycles. The van der Waals surface area contributed by atoms with Crippen LogP contribution in [0.2, 0.25) is 0 Å². The lowest BCUT2D eigenvalue weighted by Crippen LogP contribution is -2.31. The van der Waals surface area contributed by atoms with Gasteiger partial charge in [0.2, 0.25) is 6.86 Å². The van der Waals surface area contributed by atoms with Gasteiger partial charge in [-0.1, -0.05) is 12.1 Å². The number of hydrogen-bond donors (Lipinski definition) is 3. The van der Waals surface area contributed by atoms with Crippen LogP contribution in [0, 0.1) is 5.92 Å². The summed E-state index contributed by atoms with van der Waals surface area (Å²) in [5.41, 5.74) is 6.11. The number of carboxylic acids is 2. The zero-order valence-electron chi connectivity index (χ0n) is 11.4. The maximum atomic E-state index is 12.0. The number of rotatable bonds is 9. The Morgan fingerprint density at radius 3 is 2.24 bits per heavy atom. The molecule has 0 unspecified atom stereocenters. The van der Waals surface area contributed by atoms with E-state index in [1.54, 1.807) is 24.3 Å². The van der Waals surface area contributed by atoms with Crippen LogP contribution >= 0.6 is 0 Å². The van der Waals surface area contributed by atoms with Gasteiger partial charge in [0.25, 0.3) is 0 Å². The van der Waals surface area contributed by atoms with Gasteiger partial charge in [0.05, 0.1) is 5.92 Å². The van der Waals surface area contributed by atoms with Gasteiger partial charge in [0, 0.05) is 0 Å². The first-order valence-electron chi connectivity index (χ1n) is 6.43. The molecule has 4 N–H and O–H groups in total. The van der Waals surface area contributed by atoms with E-state index in [9.17, 15) is 14.0 Å². The Morgan fingerprint density at radius 2 is 1.76 bits per heavy atom. The zero-order chi connectivity index (χ0) is 15.8. The molecule has 2 atom stereocenters. The summed E-state index contributed by atoms with van der Waals surface area (Å²) >= 11 is 0. The van der Waals surface area contributed by atoms with E-state index in [1.807, 2.05) is 0 Å². The second-order valence-electron chi connectivity index (χ2n) is 4.66. The van der Waals surface area contributed by atoms with Crippen LogP contribution in [-0.2, 0) is 16.0 Å². The smallest absolute Gasteiger partial charge is 0.320 e. The normalized spacial score (nSPS) is 13.4. The fourth-order valence-corrected chi connectivity index (χ4v) is 1.89. The molecule has 0 aliphatic carbocycles. The first-order valence-corrected chi connectivity index (χ1v) is 6.43. The van der Waals surface area contributed by atoms with Crippen LogP contribution in [0.1, 0.15) is 18.4 Å². The second-order valence-corrected chi connectivity index (χ2v) is 4.66. The third-order valence-electron chi connectivity index (χ3n) is 3.12. The maximum absolute atomic E-state index is 12.0. The van der Waals surface area contributed by atoms with Gasteiger partial charge in [-0.2, -0.15) is 0 Å². The minimum Gasteiger partial charge on any atom is -0.481 e. The molecule has 0 aliphatic heterocycles. The number of ether oxygens (including phenoxy) is 1. The Balaban J connectivity index is 2.61. The van der Waals surface area contributed by atoms with Crippen molar-refractivity contribution < 1.29 is 28.9 Å². The van der Waals surface area contributed by atoms with Gasteiger partial charge in [-0.15, -0.1) is 0 Å². The molecule has 0 radical (unpaired) electrons. The van der Waals surface area contributed by atoms with Crippen LogP contribution in [0.5, 0.6) is 5.75 Å². The number of benzene rings is 1. The van der Waals surface area contributed by atoms with Gasteiger partial charge in [-0.25, -0.2) is 4.39 Å². The molecule has 116 valence electrons. The fraction of sp³-hybridized carbons (Fsp3) is 0.429. The van der Waals surface area contributed by atoms with E-state index < -0.39 is 30.8 Å². The summed E-state index contributed by atoms with van der Waals surface area (Å²) in [4.78, 5) is 21.8. The molecule has 7 heteroatoms. The van der Waals surface area contributed by atoms with Gasteiger partial charge >= 0.3 is 11.9 Å². The van der Waals surface area contributed by atoms with Gasteiger partial charge in [-0.3, -0.25) is 9.59 Å². The van der Waals surface area contributed by atoms with Crippen molar-refractivity contribution in [3.8, 4) is 5.75 Å². The quantitative estimate of drug-likeness (QED) is 0.636. The van der Waals surface area contributed by atoms with Crippen molar-refractivity contribution in [1.29, 1.82) is 0 Å². The van der Waals surface area contributed by atoms with E-state index in [0.717, 1.165) is 5.56 Å².